The fourth-order valence-electron chi connectivity index (χ4n) is 2.15. The van der Waals surface area contributed by atoms with Gasteiger partial charge in [-0.3, -0.25) is 0 Å². The molecule has 0 aliphatic rings. The van der Waals surface area contributed by atoms with Crippen LogP contribution in [0.2, 0.25) is 0 Å². The number of ether oxygens (including phenoxy) is 1. The summed E-state index contributed by atoms with van der Waals surface area (Å²) in [6.07, 6.45) is 0.992. The van der Waals surface area contributed by atoms with E-state index < -0.39 is 0 Å². The first-order valence-electron chi connectivity index (χ1n) is 6.44. The van der Waals surface area contributed by atoms with Gasteiger partial charge in [0, 0.05) is 4.83 Å². The third-order valence-electron chi connectivity index (χ3n) is 3.32. The summed E-state index contributed by atoms with van der Waals surface area (Å²) in [5.74, 6) is 0.943. The minimum atomic E-state index is 0.333. The molecule has 2 aromatic carbocycles. The van der Waals surface area contributed by atoms with Gasteiger partial charge in [0.2, 0.25) is 0 Å². The highest BCUT2D eigenvalue weighted by Gasteiger charge is 2.10. The summed E-state index contributed by atoms with van der Waals surface area (Å²) < 4.78 is 5.30. The van der Waals surface area contributed by atoms with E-state index in [0.29, 0.717) is 4.83 Å². The molecule has 1 nitrogen and oxygen atoms in total. The number of halogens is 1. The summed E-state index contributed by atoms with van der Waals surface area (Å²) in [6, 6.07) is 15.1. The lowest BCUT2D eigenvalue weighted by Gasteiger charge is -2.13. The van der Waals surface area contributed by atoms with Crippen LogP contribution in [0.1, 0.15) is 27.1 Å². The molecule has 0 aromatic heterocycles. The maximum atomic E-state index is 5.30. The lowest BCUT2D eigenvalue weighted by atomic mass is 10.0. The second-order valence-electron chi connectivity index (χ2n) is 4.89. The molecule has 1 unspecified atom stereocenters. The van der Waals surface area contributed by atoms with Crippen molar-refractivity contribution in [2.75, 3.05) is 7.11 Å². The second kappa shape index (κ2) is 6.25. The monoisotopic (exact) mass is 318 g/mol. The van der Waals surface area contributed by atoms with Crippen LogP contribution in [0.3, 0.4) is 0 Å². The number of alkyl halides is 1. The van der Waals surface area contributed by atoms with Gasteiger partial charge in [0.15, 0.2) is 0 Å². The smallest absolute Gasteiger partial charge is 0.121 e. The Bertz CT molecular complexity index is 546. The second-order valence-corrected chi connectivity index (χ2v) is 5.99. The molecule has 0 amide bonds. The zero-order chi connectivity index (χ0) is 13.8. The molecular formula is C17H19BrO. The van der Waals surface area contributed by atoms with Crippen molar-refractivity contribution in [3.8, 4) is 5.75 Å². The minimum Gasteiger partial charge on any atom is -0.496 e. The third-order valence-corrected chi connectivity index (χ3v) is 4.17. The molecule has 0 heterocycles. The Morgan fingerprint density at radius 2 is 1.74 bits per heavy atom. The predicted molar refractivity (Wildman–Crippen MR) is 84.3 cm³/mol. The highest BCUT2D eigenvalue weighted by atomic mass is 79.9. The van der Waals surface area contributed by atoms with Crippen LogP contribution < -0.4 is 4.74 Å². The van der Waals surface area contributed by atoms with Crippen molar-refractivity contribution in [3.05, 3.63) is 64.7 Å². The molecule has 0 aliphatic carbocycles. The largest absolute Gasteiger partial charge is 0.496 e. The van der Waals surface area contributed by atoms with E-state index in [2.05, 4.69) is 66.2 Å². The van der Waals surface area contributed by atoms with E-state index in [0.717, 1.165) is 12.2 Å². The molecule has 0 radical (unpaired) electrons. The van der Waals surface area contributed by atoms with Crippen molar-refractivity contribution in [2.24, 2.45) is 0 Å². The Balaban J connectivity index is 2.13. The molecule has 2 heteroatoms. The molecule has 0 N–H and O–H groups in total. The van der Waals surface area contributed by atoms with Gasteiger partial charge < -0.3 is 4.74 Å². The first-order chi connectivity index (χ1) is 9.10. The average molecular weight is 319 g/mol. The lowest BCUT2D eigenvalue weighted by molar-refractivity contribution is 0.411. The maximum Gasteiger partial charge on any atom is 0.121 e. The van der Waals surface area contributed by atoms with Gasteiger partial charge in [-0.15, -0.1) is 0 Å². The van der Waals surface area contributed by atoms with Crippen LogP contribution in [-0.4, -0.2) is 7.11 Å². The van der Waals surface area contributed by atoms with Gasteiger partial charge in [-0.2, -0.15) is 0 Å². The van der Waals surface area contributed by atoms with Gasteiger partial charge in [0.1, 0.15) is 5.75 Å². The van der Waals surface area contributed by atoms with Gasteiger partial charge in [0.25, 0.3) is 0 Å². The zero-order valence-corrected chi connectivity index (χ0v) is 13.2. The van der Waals surface area contributed by atoms with Crippen LogP contribution in [0.5, 0.6) is 5.75 Å². The van der Waals surface area contributed by atoms with Crippen molar-refractivity contribution < 1.29 is 4.74 Å². The van der Waals surface area contributed by atoms with Crippen LogP contribution >= 0.6 is 15.9 Å². The van der Waals surface area contributed by atoms with Crippen LogP contribution in [0.15, 0.2) is 42.5 Å². The van der Waals surface area contributed by atoms with Crippen molar-refractivity contribution in [3.63, 3.8) is 0 Å². The van der Waals surface area contributed by atoms with Crippen LogP contribution in [0, 0.1) is 13.8 Å². The van der Waals surface area contributed by atoms with E-state index >= 15 is 0 Å². The van der Waals surface area contributed by atoms with Gasteiger partial charge in [0.05, 0.1) is 7.11 Å². The van der Waals surface area contributed by atoms with Crippen LogP contribution in [0.25, 0.3) is 0 Å². The Kier molecular flexibility index (Phi) is 4.65. The first kappa shape index (κ1) is 14.1. The molecule has 0 saturated carbocycles. The Labute approximate surface area is 123 Å². The summed E-state index contributed by atoms with van der Waals surface area (Å²) in [5, 5.41) is 0. The predicted octanol–water partition coefficient (Wildman–Crippen LogP) is 4.99. The summed E-state index contributed by atoms with van der Waals surface area (Å²) >= 11 is 3.78. The number of methoxy groups -OCH3 is 1. The number of aryl methyl sites for hydroxylation is 2. The molecule has 0 aliphatic heterocycles. The SMILES string of the molecule is COc1ccc(C(Br)Cc2ccc(C)cc2)cc1C. The van der Waals surface area contributed by atoms with E-state index in [1.807, 2.05) is 6.07 Å². The number of rotatable bonds is 4. The van der Waals surface area contributed by atoms with Gasteiger partial charge in [-0.25, -0.2) is 0 Å². The van der Waals surface area contributed by atoms with Crippen molar-refractivity contribution >= 4 is 15.9 Å². The highest BCUT2D eigenvalue weighted by Crippen LogP contribution is 2.30. The van der Waals surface area contributed by atoms with Gasteiger partial charge >= 0.3 is 0 Å². The molecule has 2 aromatic rings. The van der Waals surface area contributed by atoms with Gasteiger partial charge in [-0.05, 0) is 43.0 Å². The molecule has 19 heavy (non-hydrogen) atoms. The molecule has 2 rings (SSSR count). The number of benzene rings is 2. The Hall–Kier alpha value is -1.28. The summed E-state index contributed by atoms with van der Waals surface area (Å²) in [6.45, 7) is 4.19. The summed E-state index contributed by atoms with van der Waals surface area (Å²) in [4.78, 5) is 0.333. The van der Waals surface area contributed by atoms with Crippen molar-refractivity contribution in [1.29, 1.82) is 0 Å². The van der Waals surface area contributed by atoms with E-state index in [1.54, 1.807) is 7.11 Å². The normalized spacial score (nSPS) is 12.2. The van der Waals surface area contributed by atoms with Crippen molar-refractivity contribution in [2.45, 2.75) is 25.1 Å². The van der Waals surface area contributed by atoms with Crippen molar-refractivity contribution in [1.82, 2.24) is 0 Å². The van der Waals surface area contributed by atoms with E-state index in [4.69, 9.17) is 4.74 Å². The number of hydrogen-bond donors (Lipinski definition) is 0. The molecule has 0 saturated heterocycles. The molecule has 0 fully saturated rings. The fourth-order valence-corrected chi connectivity index (χ4v) is 2.80. The minimum absolute atomic E-state index is 0.333. The van der Waals surface area contributed by atoms with E-state index in [9.17, 15) is 0 Å². The molecule has 0 spiro atoms. The molecule has 100 valence electrons. The third kappa shape index (κ3) is 3.60. The molecular weight excluding hydrogens is 300 g/mol. The zero-order valence-electron chi connectivity index (χ0n) is 11.6. The Morgan fingerprint density at radius 3 is 2.32 bits per heavy atom. The summed E-state index contributed by atoms with van der Waals surface area (Å²) in [7, 11) is 1.71. The van der Waals surface area contributed by atoms with Gasteiger partial charge in [-0.1, -0.05) is 57.9 Å². The van der Waals surface area contributed by atoms with E-state index in [-0.39, 0.29) is 0 Å². The van der Waals surface area contributed by atoms with Crippen LogP contribution in [0.4, 0.5) is 0 Å². The quantitative estimate of drug-likeness (QED) is 0.721. The highest BCUT2D eigenvalue weighted by molar-refractivity contribution is 9.09. The first-order valence-corrected chi connectivity index (χ1v) is 7.36. The fraction of sp³-hybridized carbons (Fsp3) is 0.294. The average Bonchev–Trinajstić information content (AvgIpc) is 2.41. The maximum absolute atomic E-state index is 5.30. The number of hydrogen-bond acceptors (Lipinski definition) is 1. The van der Waals surface area contributed by atoms with E-state index in [1.165, 1.54) is 22.3 Å². The molecule has 0 bridgehead atoms. The standard InChI is InChI=1S/C17H19BrO/c1-12-4-6-14(7-5-12)11-16(18)15-8-9-17(19-3)13(2)10-15/h4-10,16H,11H2,1-3H3. The lowest BCUT2D eigenvalue weighted by Crippen LogP contribution is -1.97. The summed E-state index contributed by atoms with van der Waals surface area (Å²) in [5.41, 5.74) is 5.11. The molecule has 1 atom stereocenters. The topological polar surface area (TPSA) is 9.23 Å². The van der Waals surface area contributed by atoms with Crippen LogP contribution in [-0.2, 0) is 6.42 Å². The Morgan fingerprint density at radius 1 is 1.05 bits per heavy atom.